The van der Waals surface area contributed by atoms with Crippen molar-refractivity contribution in [2.75, 3.05) is 62.7 Å². The Morgan fingerprint density at radius 1 is 0.836 bits per heavy atom. The second-order valence-corrected chi connectivity index (χ2v) is 20.5. The van der Waals surface area contributed by atoms with Gasteiger partial charge in [-0.25, -0.2) is 4.79 Å². The van der Waals surface area contributed by atoms with Crippen molar-refractivity contribution in [2.45, 2.75) is 76.2 Å². The zero-order valence-electron chi connectivity index (χ0n) is 40.9. The number of alkyl halides is 3. The number of carbonyl (C=O) groups excluding carboxylic acids is 4. The van der Waals surface area contributed by atoms with Crippen molar-refractivity contribution in [1.82, 2.24) is 43.7 Å². The summed E-state index contributed by atoms with van der Waals surface area (Å²) >= 11 is 0. The fraction of sp³-hybridized carbons (Fsp3) is 0.426. The summed E-state index contributed by atoms with van der Waals surface area (Å²) in [5.74, 6) is 0.334. The predicted molar refractivity (Wildman–Crippen MR) is 266 cm³/mol. The van der Waals surface area contributed by atoms with Crippen LogP contribution in [-0.4, -0.2) is 121 Å². The van der Waals surface area contributed by atoms with Gasteiger partial charge in [0, 0.05) is 107 Å². The van der Waals surface area contributed by atoms with E-state index in [4.69, 9.17) is 0 Å². The number of piperidine rings is 2. The number of aryl methyl sites for hydroxylation is 1. The van der Waals surface area contributed by atoms with Crippen molar-refractivity contribution in [3.63, 3.8) is 0 Å². The molecular formula is C54H58F3N11O5. The van der Waals surface area contributed by atoms with Crippen molar-refractivity contribution in [2.24, 2.45) is 18.9 Å². The molecule has 0 spiro atoms. The fourth-order valence-corrected chi connectivity index (χ4v) is 11.7. The molecule has 3 aromatic carbocycles. The molecule has 0 bridgehead atoms. The minimum Gasteiger partial charge on any atom is -0.368 e. The molecule has 4 amide bonds. The van der Waals surface area contributed by atoms with Crippen LogP contribution in [0.2, 0.25) is 0 Å². The zero-order valence-corrected chi connectivity index (χ0v) is 40.9. The Morgan fingerprint density at radius 2 is 1.56 bits per heavy atom. The number of benzene rings is 3. The molecule has 3 saturated heterocycles. The van der Waals surface area contributed by atoms with Gasteiger partial charge in [-0.2, -0.15) is 13.2 Å². The first-order valence-electron chi connectivity index (χ1n) is 25.3. The van der Waals surface area contributed by atoms with Crippen LogP contribution in [0.15, 0.2) is 96.3 Å². The summed E-state index contributed by atoms with van der Waals surface area (Å²) in [7, 11) is 3.71. The summed E-state index contributed by atoms with van der Waals surface area (Å²) < 4.78 is 48.6. The van der Waals surface area contributed by atoms with Crippen LogP contribution in [0, 0.1) is 11.8 Å². The maximum atomic E-state index is 14.7. The molecule has 73 heavy (non-hydrogen) atoms. The third-order valence-electron chi connectivity index (χ3n) is 15.9. The number of fused-ring (bicyclic) bond motifs is 2. The number of halogens is 3. The monoisotopic (exact) mass is 997 g/mol. The zero-order chi connectivity index (χ0) is 50.7. The number of anilines is 2. The highest BCUT2D eigenvalue weighted by Crippen LogP contribution is 2.43. The molecule has 11 rings (SSSR count). The van der Waals surface area contributed by atoms with Crippen LogP contribution in [0.4, 0.5) is 24.5 Å². The molecule has 16 nitrogen and oxygen atoms in total. The Balaban J connectivity index is 0.682. The second-order valence-electron chi connectivity index (χ2n) is 20.5. The van der Waals surface area contributed by atoms with Crippen LogP contribution in [-0.2, 0) is 35.9 Å². The van der Waals surface area contributed by atoms with E-state index in [-0.39, 0.29) is 48.0 Å². The van der Waals surface area contributed by atoms with Gasteiger partial charge in [0.05, 0.1) is 16.8 Å². The third-order valence-corrected chi connectivity index (χ3v) is 15.9. The number of piperazine rings is 1. The number of aromatic nitrogens is 5. The van der Waals surface area contributed by atoms with E-state index in [1.807, 2.05) is 79.3 Å². The van der Waals surface area contributed by atoms with E-state index < -0.39 is 29.4 Å². The van der Waals surface area contributed by atoms with Gasteiger partial charge < -0.3 is 24.2 Å². The number of nitrogens with zero attached hydrogens (tertiary/aromatic N) is 10. The number of imide groups is 1. The van der Waals surface area contributed by atoms with Crippen LogP contribution in [0.1, 0.15) is 99.7 Å². The normalized spacial score (nSPS) is 19.6. The highest BCUT2D eigenvalue weighted by atomic mass is 19.4. The van der Waals surface area contributed by atoms with Gasteiger partial charge in [-0.3, -0.25) is 38.4 Å². The number of imidazole rings is 1. The SMILES string of the molecule is CN(CC1CCN(Cc2cc(C(F)(F)F)c3cn(-c4cccc([C@H](c5nncn5C)C5CCC5)c4)c(=O)n3c2)CC1)C(=O)c1ccc(N2CCN(c3ccc4c(c3)CN(C3CCC(=O)NC3=O)C4=O)CC2)cc1. The number of pyridine rings is 1. The first-order valence-corrected chi connectivity index (χ1v) is 25.3. The van der Waals surface area contributed by atoms with Gasteiger partial charge in [0.1, 0.15) is 18.2 Å². The van der Waals surface area contributed by atoms with E-state index in [0.29, 0.717) is 60.9 Å². The Labute approximate surface area is 420 Å². The number of amides is 4. The predicted octanol–water partition coefficient (Wildman–Crippen LogP) is 6.24. The second kappa shape index (κ2) is 19.3. The molecule has 3 aromatic heterocycles. The first-order chi connectivity index (χ1) is 35.2. The molecule has 19 heteroatoms. The summed E-state index contributed by atoms with van der Waals surface area (Å²) in [5, 5.41) is 10.8. The summed E-state index contributed by atoms with van der Waals surface area (Å²) in [5.41, 5.74) is 4.28. The van der Waals surface area contributed by atoms with Gasteiger partial charge in [-0.15, -0.1) is 10.2 Å². The topological polar surface area (TPSA) is 154 Å². The van der Waals surface area contributed by atoms with Crippen LogP contribution in [0.3, 0.4) is 0 Å². The molecule has 1 saturated carbocycles. The van der Waals surface area contributed by atoms with Crippen LogP contribution in [0.5, 0.6) is 0 Å². The van der Waals surface area contributed by atoms with Crippen molar-refractivity contribution < 1.29 is 32.3 Å². The number of hydrogen-bond acceptors (Lipinski definition) is 10. The number of hydrogen-bond donors (Lipinski definition) is 1. The average molecular weight is 998 g/mol. The molecular weight excluding hydrogens is 940 g/mol. The van der Waals surface area contributed by atoms with E-state index in [9.17, 15) is 37.1 Å². The minimum atomic E-state index is -4.69. The summed E-state index contributed by atoms with van der Waals surface area (Å²) in [4.78, 5) is 75.0. The van der Waals surface area contributed by atoms with Gasteiger partial charge >= 0.3 is 11.9 Å². The number of carbonyl (C=O) groups is 4. The lowest BCUT2D eigenvalue weighted by molar-refractivity contribution is -0.137. The Morgan fingerprint density at radius 3 is 2.23 bits per heavy atom. The smallest absolute Gasteiger partial charge is 0.368 e. The largest absolute Gasteiger partial charge is 0.418 e. The van der Waals surface area contributed by atoms with Crippen molar-refractivity contribution in [3.05, 3.63) is 141 Å². The van der Waals surface area contributed by atoms with Crippen LogP contribution >= 0.6 is 0 Å². The third kappa shape index (κ3) is 9.38. The first kappa shape index (κ1) is 48.0. The summed E-state index contributed by atoms with van der Waals surface area (Å²) in [6, 6.07) is 21.5. The highest BCUT2D eigenvalue weighted by molar-refractivity contribution is 6.05. The number of nitrogens with one attached hydrogen (secondary N) is 1. The molecule has 1 unspecified atom stereocenters. The lowest BCUT2D eigenvalue weighted by Crippen LogP contribution is -2.52. The van der Waals surface area contributed by atoms with Gasteiger partial charge in [0.2, 0.25) is 11.8 Å². The maximum Gasteiger partial charge on any atom is 0.418 e. The molecule has 0 radical (unpaired) electrons. The van der Waals surface area contributed by atoms with Crippen LogP contribution in [0.25, 0.3) is 11.2 Å². The van der Waals surface area contributed by atoms with E-state index in [1.165, 1.54) is 23.0 Å². The summed E-state index contributed by atoms with van der Waals surface area (Å²) in [6.45, 7) is 5.44. The van der Waals surface area contributed by atoms with Crippen molar-refractivity contribution in [1.29, 1.82) is 0 Å². The van der Waals surface area contributed by atoms with Gasteiger partial charge in [0.25, 0.3) is 11.8 Å². The molecule has 1 aliphatic carbocycles. The fourth-order valence-electron chi connectivity index (χ4n) is 11.7. The standard InChI is InChI=1S/C54H58F3N11O5/c1-61(51(71)37-9-11-40(12-10-37)64-21-23-65(24-22-64)41-13-14-43-39(27-41)31-67(52(43)72)45-15-16-47(69)59-50(45)70)28-34-17-19-63(20-18-34)29-35-25-44(54(55,56)57)46-32-66(53(73)68(46)30-35)42-8-4-7-38(26-42)48(36-5-3-6-36)49-60-58-33-62(49)2/h4,7-14,25-27,30,32-34,36,45,48H,3,5-6,15-24,28-29,31H2,1-2H3,(H,59,69,70)/t45?,48-/m1/s1. The molecule has 380 valence electrons. The Kier molecular flexibility index (Phi) is 12.7. The van der Waals surface area contributed by atoms with Crippen molar-refractivity contribution in [3.8, 4) is 5.69 Å². The van der Waals surface area contributed by atoms with E-state index in [0.717, 1.165) is 91.0 Å². The number of likely N-dealkylation sites (tertiary alicyclic amines) is 1. The van der Waals surface area contributed by atoms with Crippen LogP contribution < -0.4 is 20.8 Å². The number of rotatable bonds is 12. The van der Waals surface area contributed by atoms with Crippen molar-refractivity contribution >= 4 is 40.5 Å². The Hall–Kier alpha value is -7.28. The van der Waals surface area contributed by atoms with E-state index in [2.05, 4.69) is 30.2 Å². The molecule has 6 aromatic rings. The maximum absolute atomic E-state index is 14.7. The van der Waals surface area contributed by atoms with Gasteiger partial charge in [-0.1, -0.05) is 18.6 Å². The molecule has 2 atom stereocenters. The molecule has 4 fully saturated rings. The quantitative estimate of drug-likeness (QED) is 0.140. The van der Waals surface area contributed by atoms with E-state index in [1.54, 1.807) is 22.2 Å². The average Bonchev–Trinajstić information content (AvgIpc) is 4.05. The lowest BCUT2D eigenvalue weighted by atomic mass is 9.72. The summed E-state index contributed by atoms with van der Waals surface area (Å²) in [6.07, 6.45) is 5.07. The van der Waals surface area contributed by atoms with Gasteiger partial charge in [-0.05, 0) is 134 Å². The molecule has 1 N–H and O–H groups in total. The Bertz CT molecular complexity index is 3160. The van der Waals surface area contributed by atoms with E-state index >= 15 is 0 Å². The molecule has 7 heterocycles. The molecule has 4 aliphatic heterocycles. The lowest BCUT2D eigenvalue weighted by Gasteiger charge is -2.37. The minimum absolute atomic E-state index is 0.0536. The highest BCUT2D eigenvalue weighted by Gasteiger charge is 2.40. The van der Waals surface area contributed by atoms with Gasteiger partial charge in [0.15, 0.2) is 0 Å². The molecule has 5 aliphatic rings.